The van der Waals surface area contributed by atoms with E-state index in [4.69, 9.17) is 11.6 Å². The van der Waals surface area contributed by atoms with Crippen molar-refractivity contribution in [2.45, 2.75) is 31.2 Å². The number of rotatable bonds is 4. The number of nitrogens with zero attached hydrogens (tertiary/aromatic N) is 3. The van der Waals surface area contributed by atoms with Crippen molar-refractivity contribution in [3.05, 3.63) is 12.2 Å². The maximum absolute atomic E-state index is 6.20. The summed E-state index contributed by atoms with van der Waals surface area (Å²) in [6, 6.07) is 0. The molecule has 0 saturated heterocycles. The van der Waals surface area contributed by atoms with E-state index in [0.29, 0.717) is 11.3 Å². The first kappa shape index (κ1) is 10.9. The second-order valence-corrected chi connectivity index (χ2v) is 4.70. The summed E-state index contributed by atoms with van der Waals surface area (Å²) in [6.07, 6.45) is 5.26. The zero-order valence-corrected chi connectivity index (χ0v) is 9.74. The monoisotopic (exact) mass is 228 g/mol. The number of hydrogen-bond acceptors (Lipinski definition) is 3. The molecule has 1 aromatic rings. The first-order valence-electron chi connectivity index (χ1n) is 5.45. The van der Waals surface area contributed by atoms with E-state index in [2.05, 4.69) is 15.4 Å². The maximum Gasteiger partial charge on any atom is 0.140 e. The zero-order chi connectivity index (χ0) is 10.7. The summed E-state index contributed by atoms with van der Waals surface area (Å²) in [4.78, 5) is 4.16. The molecule has 2 unspecified atom stereocenters. The summed E-state index contributed by atoms with van der Waals surface area (Å²) < 4.78 is 1.79. The smallest absolute Gasteiger partial charge is 0.140 e. The Morgan fingerprint density at radius 1 is 1.60 bits per heavy atom. The van der Waals surface area contributed by atoms with E-state index < -0.39 is 0 Å². The molecule has 1 heterocycles. The number of hydrogen-bond donors (Lipinski definition) is 1. The largest absolute Gasteiger partial charge is 0.310 e. The Morgan fingerprint density at radius 2 is 2.47 bits per heavy atom. The lowest BCUT2D eigenvalue weighted by Crippen LogP contribution is -2.26. The summed E-state index contributed by atoms with van der Waals surface area (Å²) in [5.41, 5.74) is 0. The van der Waals surface area contributed by atoms with Gasteiger partial charge in [0.2, 0.25) is 0 Å². The van der Waals surface area contributed by atoms with Crippen molar-refractivity contribution in [2.24, 2.45) is 13.0 Å². The van der Waals surface area contributed by atoms with Gasteiger partial charge in [-0.1, -0.05) is 6.42 Å². The van der Waals surface area contributed by atoms with Crippen LogP contribution in [0.3, 0.4) is 0 Å². The van der Waals surface area contributed by atoms with Crippen LogP contribution in [0.5, 0.6) is 0 Å². The van der Waals surface area contributed by atoms with Crippen LogP contribution in [0.15, 0.2) is 6.33 Å². The van der Waals surface area contributed by atoms with E-state index in [0.717, 1.165) is 25.3 Å². The van der Waals surface area contributed by atoms with Gasteiger partial charge in [-0.05, 0) is 25.3 Å². The molecular weight excluding hydrogens is 212 g/mol. The molecule has 1 aliphatic carbocycles. The van der Waals surface area contributed by atoms with Crippen molar-refractivity contribution < 1.29 is 0 Å². The standard InChI is InChI=1S/C10H17ClN4/c1-15-10(13-7-14-15)6-12-5-8-3-2-4-9(8)11/h7-9,12H,2-6H2,1H3. The fourth-order valence-electron chi connectivity index (χ4n) is 2.07. The normalized spacial score (nSPS) is 26.0. The predicted molar refractivity (Wildman–Crippen MR) is 59.7 cm³/mol. The predicted octanol–water partition coefficient (Wildman–Crippen LogP) is 1.31. The van der Waals surface area contributed by atoms with Crippen molar-refractivity contribution in [1.29, 1.82) is 0 Å². The molecule has 1 saturated carbocycles. The van der Waals surface area contributed by atoms with E-state index in [1.54, 1.807) is 11.0 Å². The van der Waals surface area contributed by atoms with Gasteiger partial charge in [0.1, 0.15) is 12.2 Å². The lowest BCUT2D eigenvalue weighted by molar-refractivity contribution is 0.482. The molecule has 5 heteroatoms. The highest BCUT2D eigenvalue weighted by molar-refractivity contribution is 6.20. The number of alkyl halides is 1. The summed E-state index contributed by atoms with van der Waals surface area (Å²) in [6.45, 7) is 1.76. The maximum atomic E-state index is 6.20. The fraction of sp³-hybridized carbons (Fsp3) is 0.800. The molecule has 0 radical (unpaired) electrons. The highest BCUT2D eigenvalue weighted by Crippen LogP contribution is 2.29. The van der Waals surface area contributed by atoms with Crippen LogP contribution in [0.4, 0.5) is 0 Å². The fourth-order valence-corrected chi connectivity index (χ4v) is 2.44. The van der Waals surface area contributed by atoms with Crippen molar-refractivity contribution in [3.63, 3.8) is 0 Å². The molecule has 1 aromatic heterocycles. The van der Waals surface area contributed by atoms with Crippen LogP contribution in [0.25, 0.3) is 0 Å². The van der Waals surface area contributed by atoms with Gasteiger partial charge in [-0.25, -0.2) is 4.98 Å². The van der Waals surface area contributed by atoms with Crippen LogP contribution in [0.1, 0.15) is 25.1 Å². The minimum atomic E-state index is 0.358. The van der Waals surface area contributed by atoms with Crippen LogP contribution in [0, 0.1) is 5.92 Å². The average molecular weight is 229 g/mol. The Hall–Kier alpha value is -0.610. The highest BCUT2D eigenvalue weighted by atomic mass is 35.5. The Bertz CT molecular complexity index is 312. The molecule has 84 valence electrons. The minimum absolute atomic E-state index is 0.358. The third-order valence-electron chi connectivity index (χ3n) is 3.06. The van der Waals surface area contributed by atoms with Crippen molar-refractivity contribution in [1.82, 2.24) is 20.1 Å². The lowest BCUT2D eigenvalue weighted by Gasteiger charge is -2.13. The van der Waals surface area contributed by atoms with Gasteiger partial charge < -0.3 is 5.32 Å². The summed E-state index contributed by atoms with van der Waals surface area (Å²) in [7, 11) is 1.91. The molecule has 0 amide bonds. The quantitative estimate of drug-likeness (QED) is 0.791. The van der Waals surface area contributed by atoms with Crippen LogP contribution < -0.4 is 5.32 Å². The second-order valence-electron chi connectivity index (χ2n) is 4.14. The number of aromatic nitrogens is 3. The number of halogens is 1. The highest BCUT2D eigenvalue weighted by Gasteiger charge is 2.24. The second kappa shape index (κ2) is 4.94. The van der Waals surface area contributed by atoms with E-state index in [1.165, 1.54) is 12.8 Å². The summed E-state index contributed by atoms with van der Waals surface area (Å²) in [5, 5.41) is 7.77. The molecule has 0 spiro atoms. The summed E-state index contributed by atoms with van der Waals surface area (Å²) in [5.74, 6) is 1.60. The molecular formula is C10H17ClN4. The Balaban J connectivity index is 1.73. The molecule has 1 fully saturated rings. The van der Waals surface area contributed by atoms with Gasteiger partial charge in [0, 0.05) is 12.4 Å². The van der Waals surface area contributed by atoms with Crippen LogP contribution >= 0.6 is 11.6 Å². The van der Waals surface area contributed by atoms with E-state index in [1.807, 2.05) is 7.05 Å². The topological polar surface area (TPSA) is 42.7 Å². The van der Waals surface area contributed by atoms with E-state index in [-0.39, 0.29) is 0 Å². The van der Waals surface area contributed by atoms with Gasteiger partial charge in [0.15, 0.2) is 0 Å². The van der Waals surface area contributed by atoms with Gasteiger partial charge in [-0.15, -0.1) is 11.6 Å². The molecule has 0 aliphatic heterocycles. The Kier molecular flexibility index (Phi) is 3.59. The minimum Gasteiger partial charge on any atom is -0.310 e. The van der Waals surface area contributed by atoms with E-state index in [9.17, 15) is 0 Å². The average Bonchev–Trinajstić information content (AvgIpc) is 2.78. The number of aryl methyl sites for hydroxylation is 1. The molecule has 4 nitrogen and oxygen atoms in total. The molecule has 1 N–H and O–H groups in total. The van der Waals surface area contributed by atoms with E-state index >= 15 is 0 Å². The zero-order valence-electron chi connectivity index (χ0n) is 8.99. The van der Waals surface area contributed by atoms with Gasteiger partial charge >= 0.3 is 0 Å². The third kappa shape index (κ3) is 2.69. The summed E-state index contributed by atoms with van der Waals surface area (Å²) >= 11 is 6.20. The van der Waals surface area contributed by atoms with Crippen molar-refractivity contribution in [3.8, 4) is 0 Å². The van der Waals surface area contributed by atoms with Crippen molar-refractivity contribution >= 4 is 11.6 Å². The SMILES string of the molecule is Cn1ncnc1CNCC1CCCC1Cl. The molecule has 1 aliphatic rings. The van der Waals surface area contributed by atoms with Gasteiger partial charge in [0.25, 0.3) is 0 Å². The lowest BCUT2D eigenvalue weighted by atomic mass is 10.1. The third-order valence-corrected chi connectivity index (χ3v) is 3.64. The Labute approximate surface area is 95.0 Å². The van der Waals surface area contributed by atoms with Crippen LogP contribution in [-0.4, -0.2) is 26.7 Å². The van der Waals surface area contributed by atoms with Crippen LogP contribution in [0.2, 0.25) is 0 Å². The van der Waals surface area contributed by atoms with Gasteiger partial charge in [-0.3, -0.25) is 4.68 Å². The molecule has 2 atom stereocenters. The van der Waals surface area contributed by atoms with Crippen molar-refractivity contribution in [2.75, 3.05) is 6.54 Å². The van der Waals surface area contributed by atoms with Gasteiger partial charge in [-0.2, -0.15) is 5.10 Å². The number of nitrogens with one attached hydrogen (secondary N) is 1. The molecule has 15 heavy (non-hydrogen) atoms. The molecule has 2 rings (SSSR count). The first-order valence-corrected chi connectivity index (χ1v) is 5.88. The van der Waals surface area contributed by atoms with Gasteiger partial charge in [0.05, 0.1) is 6.54 Å². The molecule has 0 bridgehead atoms. The first-order chi connectivity index (χ1) is 7.27. The van der Waals surface area contributed by atoms with Crippen LogP contribution in [-0.2, 0) is 13.6 Å². The molecule has 0 aromatic carbocycles. The Morgan fingerprint density at radius 3 is 3.07 bits per heavy atom.